The number of alkyl halides is 1. The van der Waals surface area contributed by atoms with Crippen LogP contribution in [-0.4, -0.2) is 92.5 Å². The van der Waals surface area contributed by atoms with Crippen LogP contribution < -0.4 is 20.7 Å². The molecule has 0 aromatic heterocycles. The summed E-state index contributed by atoms with van der Waals surface area (Å²) in [6.45, 7) is 16.9. The van der Waals surface area contributed by atoms with Crippen LogP contribution in [0.25, 0.3) is 0 Å². The van der Waals surface area contributed by atoms with Gasteiger partial charge in [-0.3, -0.25) is 19.2 Å². The van der Waals surface area contributed by atoms with Crippen LogP contribution in [0.3, 0.4) is 0 Å². The molecule has 0 heterocycles. The first kappa shape index (κ1) is 55.0. The number of hydrogen-bond acceptors (Lipinski definition) is 10. The molecule has 13 nitrogen and oxygen atoms in total. The number of hydrogen-bond donors (Lipinski definition) is 7. The molecule has 0 spiro atoms. The minimum Gasteiger partial charge on any atom is -0.481 e. The van der Waals surface area contributed by atoms with E-state index in [9.17, 15) is 19.2 Å². The lowest BCUT2D eigenvalue weighted by Crippen LogP contribution is -2.41. The molecule has 5 N–H and O–H groups in total. The van der Waals surface area contributed by atoms with Crippen LogP contribution in [0.2, 0.25) is 0 Å². The van der Waals surface area contributed by atoms with Gasteiger partial charge in [-0.05, 0) is 81.5 Å². The van der Waals surface area contributed by atoms with Gasteiger partial charge >= 0.3 is 12.1 Å². The van der Waals surface area contributed by atoms with Crippen molar-refractivity contribution in [1.29, 1.82) is 0 Å². The molecule has 1 aromatic carbocycles. The van der Waals surface area contributed by atoms with Gasteiger partial charge in [0.2, 0.25) is 12.3 Å². The third-order valence-corrected chi connectivity index (χ3v) is 6.43. The SMILES string of the molecule is CC(C)COC(C)(C)CNC(=O)CCCC(C)(C)CCCC(=O)O.CCCNC(=O)c1ccc(OC(=O)O)cc1.CNC=O.COCCCl.SS. The summed E-state index contributed by atoms with van der Waals surface area (Å²) >= 11 is 11.6. The van der Waals surface area contributed by atoms with E-state index in [1.54, 1.807) is 14.2 Å². The predicted molar refractivity (Wildman–Crippen MR) is 210 cm³/mol. The number of carbonyl (C=O) groups excluding carboxylic acids is 3. The maximum Gasteiger partial charge on any atom is 0.511 e. The third kappa shape index (κ3) is 41.6. The Kier molecular flexibility index (Phi) is 38.5. The van der Waals surface area contributed by atoms with Crippen molar-refractivity contribution in [2.45, 2.75) is 99.0 Å². The van der Waals surface area contributed by atoms with E-state index in [4.69, 9.17) is 31.3 Å². The van der Waals surface area contributed by atoms with Gasteiger partial charge < -0.3 is 40.4 Å². The minimum atomic E-state index is -1.37. The average Bonchev–Trinajstić information content (AvgIpc) is 3.07. The Morgan fingerprint density at radius 2 is 1.49 bits per heavy atom. The number of benzene rings is 1. The Hall–Kier alpha value is -2.72. The first-order valence-corrected chi connectivity index (χ1v) is 18.8. The van der Waals surface area contributed by atoms with Crippen LogP contribution in [0.5, 0.6) is 5.75 Å². The largest absolute Gasteiger partial charge is 0.511 e. The van der Waals surface area contributed by atoms with Crippen LogP contribution >= 0.6 is 34.9 Å². The van der Waals surface area contributed by atoms with Crippen molar-refractivity contribution in [2.24, 2.45) is 11.3 Å². The topological polar surface area (TPSA) is 190 Å². The first-order chi connectivity index (χ1) is 23.9. The van der Waals surface area contributed by atoms with Gasteiger partial charge in [0.15, 0.2) is 0 Å². The number of carboxylic acid groups (broad SMARTS) is 2. The van der Waals surface area contributed by atoms with E-state index in [0.717, 1.165) is 25.7 Å². The van der Waals surface area contributed by atoms with Crippen molar-refractivity contribution in [3.63, 3.8) is 0 Å². The highest BCUT2D eigenvalue weighted by atomic mass is 35.5. The summed E-state index contributed by atoms with van der Waals surface area (Å²) in [5.74, 6) is 0.396. The molecule has 0 aliphatic carbocycles. The molecular weight excluding hydrogens is 722 g/mol. The lowest BCUT2D eigenvalue weighted by Gasteiger charge is -2.27. The number of thiol groups is 2. The predicted octanol–water partition coefficient (Wildman–Crippen LogP) is 6.88. The lowest BCUT2D eigenvalue weighted by molar-refractivity contribution is -0.137. The van der Waals surface area contributed by atoms with Gasteiger partial charge in [-0.1, -0.05) is 34.6 Å². The summed E-state index contributed by atoms with van der Waals surface area (Å²) in [6.07, 6.45) is 4.15. The molecule has 0 saturated heterocycles. The summed E-state index contributed by atoms with van der Waals surface area (Å²) in [5.41, 5.74) is 0.206. The fourth-order valence-electron chi connectivity index (χ4n) is 3.61. The Morgan fingerprint density at radius 1 is 0.961 bits per heavy atom. The van der Waals surface area contributed by atoms with Gasteiger partial charge in [-0.25, -0.2) is 4.79 Å². The molecule has 0 bridgehead atoms. The summed E-state index contributed by atoms with van der Waals surface area (Å²) in [4.78, 5) is 53.3. The van der Waals surface area contributed by atoms with E-state index in [-0.39, 0.29) is 35.0 Å². The summed E-state index contributed by atoms with van der Waals surface area (Å²) in [5, 5.41) is 25.0. The maximum absolute atomic E-state index is 12.0. The van der Waals surface area contributed by atoms with Gasteiger partial charge in [0.25, 0.3) is 5.91 Å². The minimum absolute atomic E-state index is 0.0533. The Balaban J connectivity index is -0.000000348. The number of rotatable bonds is 20. The van der Waals surface area contributed by atoms with Crippen LogP contribution in [0, 0.1) is 11.3 Å². The monoisotopic (exact) mass is 785 g/mol. The van der Waals surface area contributed by atoms with E-state index in [1.165, 1.54) is 24.3 Å². The smallest absolute Gasteiger partial charge is 0.481 e. The Morgan fingerprint density at radius 3 is 1.88 bits per heavy atom. The van der Waals surface area contributed by atoms with Crippen molar-refractivity contribution in [1.82, 2.24) is 16.0 Å². The second-order valence-corrected chi connectivity index (χ2v) is 13.1. The second-order valence-electron chi connectivity index (χ2n) is 12.7. The molecule has 0 aliphatic rings. The Bertz CT molecular complexity index is 1050. The fourth-order valence-corrected chi connectivity index (χ4v) is 3.76. The van der Waals surface area contributed by atoms with E-state index in [1.807, 2.05) is 20.8 Å². The van der Waals surface area contributed by atoms with Crippen LogP contribution in [0.4, 0.5) is 4.79 Å². The number of ether oxygens (including phenoxy) is 3. The molecule has 51 heavy (non-hydrogen) atoms. The lowest BCUT2D eigenvalue weighted by atomic mass is 9.82. The molecule has 0 aliphatic heterocycles. The zero-order valence-electron chi connectivity index (χ0n) is 31.9. The fraction of sp³-hybridized carbons (Fsp3) is 0.686. The van der Waals surface area contributed by atoms with E-state index < -0.39 is 12.1 Å². The highest BCUT2D eigenvalue weighted by Crippen LogP contribution is 2.29. The molecule has 0 atom stereocenters. The molecule has 16 heteroatoms. The molecule has 0 fully saturated rings. The van der Waals surface area contributed by atoms with Gasteiger partial charge in [0.1, 0.15) is 5.75 Å². The number of halogens is 1. The van der Waals surface area contributed by atoms with Gasteiger partial charge in [-0.15, -0.1) is 34.9 Å². The molecule has 1 rings (SSSR count). The number of aliphatic carboxylic acids is 1. The molecule has 0 unspecified atom stereocenters. The Labute approximate surface area is 320 Å². The first-order valence-electron chi connectivity index (χ1n) is 16.7. The van der Waals surface area contributed by atoms with E-state index in [0.29, 0.717) is 62.9 Å². The zero-order valence-corrected chi connectivity index (χ0v) is 34.4. The number of amides is 3. The van der Waals surface area contributed by atoms with Crippen molar-refractivity contribution in [3.8, 4) is 5.75 Å². The van der Waals surface area contributed by atoms with Crippen molar-refractivity contribution in [2.75, 3.05) is 46.3 Å². The molecule has 0 radical (unpaired) electrons. The molecule has 298 valence electrons. The van der Waals surface area contributed by atoms with Crippen LogP contribution in [0.15, 0.2) is 24.3 Å². The molecule has 1 aromatic rings. The number of nitrogens with one attached hydrogen (secondary N) is 3. The highest BCUT2D eigenvalue weighted by molar-refractivity contribution is 8.59. The molecule has 0 saturated carbocycles. The maximum atomic E-state index is 12.0. The van der Waals surface area contributed by atoms with Gasteiger partial charge in [0, 0.05) is 58.1 Å². The highest BCUT2D eigenvalue weighted by Gasteiger charge is 2.21. The summed E-state index contributed by atoms with van der Waals surface area (Å²) < 4.78 is 14.8. The second kappa shape index (κ2) is 35.7. The third-order valence-electron chi connectivity index (χ3n) is 6.28. The molecule has 3 amide bonds. The zero-order chi connectivity index (χ0) is 40.3. The summed E-state index contributed by atoms with van der Waals surface area (Å²) in [6, 6.07) is 5.91. The van der Waals surface area contributed by atoms with Crippen molar-refractivity contribution in [3.05, 3.63) is 29.8 Å². The van der Waals surface area contributed by atoms with Gasteiger partial charge in [0.05, 0.1) is 12.2 Å². The summed E-state index contributed by atoms with van der Waals surface area (Å²) in [7, 11) is 3.19. The quantitative estimate of drug-likeness (QED) is 0.0183. The van der Waals surface area contributed by atoms with Gasteiger partial charge in [-0.2, -0.15) is 0 Å². The van der Waals surface area contributed by atoms with Crippen LogP contribution in [-0.2, 0) is 23.9 Å². The number of carboxylic acids is 1. The van der Waals surface area contributed by atoms with E-state index in [2.05, 4.69) is 76.4 Å². The number of methoxy groups -OCH3 is 1. The molecular formula is C35H64ClN3O10S2. The van der Waals surface area contributed by atoms with E-state index >= 15 is 0 Å². The number of carbonyl (C=O) groups is 5. The van der Waals surface area contributed by atoms with Crippen molar-refractivity contribution >= 4 is 65.3 Å². The van der Waals surface area contributed by atoms with Crippen molar-refractivity contribution < 1.29 is 48.4 Å². The van der Waals surface area contributed by atoms with Crippen LogP contribution in [0.1, 0.15) is 104 Å². The normalized spacial score (nSPS) is 10.2. The average molecular weight is 786 g/mol. The standard InChI is InChI=1S/C19H37NO4.C11H13NO4.C3H7ClO.C2H5NO.H2S2/c1-15(2)13-24-19(5,6)14-20-16(21)9-7-11-18(3,4)12-8-10-17(22)23;1-2-7-12-10(13)8-3-5-9(6-4-8)16-11(14)15;1-5-3-2-4;1-3-2-4;1-2/h15H,7-14H2,1-6H3,(H,20,21)(H,22,23);3-6H,2,7H2,1H3,(H,12,13)(H,14,15);2-3H2,1H3;2H,1H3,(H,3,4);1-2H.